The summed E-state index contributed by atoms with van der Waals surface area (Å²) in [6.45, 7) is 9.32. The normalized spacial score (nSPS) is 24.0. The molecule has 0 saturated heterocycles. The summed E-state index contributed by atoms with van der Waals surface area (Å²) in [5.41, 5.74) is 11.6. The van der Waals surface area contributed by atoms with Crippen LogP contribution in [-0.2, 0) is 5.41 Å². The van der Waals surface area contributed by atoms with Crippen molar-refractivity contribution in [2.45, 2.75) is 39.5 Å². The molecule has 9 rings (SSSR count). The second-order valence-corrected chi connectivity index (χ2v) is 14.4. The predicted octanol–water partition coefficient (Wildman–Crippen LogP) is 12.1. The maximum Gasteiger partial charge on any atom is 0.178 e. The Morgan fingerprint density at radius 3 is 2.26 bits per heavy atom. The van der Waals surface area contributed by atoms with Gasteiger partial charge >= 0.3 is 0 Å². The highest BCUT2D eigenvalue weighted by atomic mass is 16.5. The van der Waals surface area contributed by atoms with E-state index in [4.69, 9.17) is 9.15 Å². The molecule has 5 aromatic rings. The Morgan fingerprint density at radius 1 is 0.702 bits per heavy atom. The zero-order chi connectivity index (χ0) is 31.9. The number of hydrogen-bond donors (Lipinski definition) is 0. The molecule has 0 fully saturated rings. The highest BCUT2D eigenvalue weighted by Crippen LogP contribution is 2.54. The molecule has 4 aromatic carbocycles. The van der Waals surface area contributed by atoms with Crippen LogP contribution in [0.3, 0.4) is 0 Å². The molecular formula is C45H38O2. The molecule has 0 radical (unpaired) electrons. The highest BCUT2D eigenvalue weighted by molar-refractivity contribution is 6.08. The Bertz CT molecular complexity index is 2280. The van der Waals surface area contributed by atoms with E-state index in [0.717, 1.165) is 39.9 Å². The minimum atomic E-state index is -0.223. The zero-order valence-corrected chi connectivity index (χ0v) is 27.4. The fourth-order valence-corrected chi connectivity index (χ4v) is 8.34. The first-order valence-corrected chi connectivity index (χ1v) is 16.9. The summed E-state index contributed by atoms with van der Waals surface area (Å²) < 4.78 is 13.7. The molecule has 2 nitrogen and oxygen atoms in total. The lowest BCUT2D eigenvalue weighted by Gasteiger charge is -2.42. The van der Waals surface area contributed by atoms with Gasteiger partial charge in [0.2, 0.25) is 0 Å². The fraction of sp³-hybridized carbons (Fsp3) is 0.200. The van der Waals surface area contributed by atoms with Gasteiger partial charge in [0.05, 0.1) is 0 Å². The summed E-state index contributed by atoms with van der Waals surface area (Å²) in [6.07, 6.45) is 19.5. The average molecular weight is 611 g/mol. The number of allylic oxidation sites excluding steroid dienone is 12. The van der Waals surface area contributed by atoms with Gasteiger partial charge in [0.1, 0.15) is 11.3 Å². The van der Waals surface area contributed by atoms with Crippen molar-refractivity contribution >= 4 is 21.9 Å². The van der Waals surface area contributed by atoms with Gasteiger partial charge in [0.15, 0.2) is 11.3 Å². The molecule has 0 N–H and O–H groups in total. The summed E-state index contributed by atoms with van der Waals surface area (Å²) >= 11 is 0. The van der Waals surface area contributed by atoms with Gasteiger partial charge in [0.25, 0.3) is 0 Å². The van der Waals surface area contributed by atoms with Gasteiger partial charge in [-0.3, -0.25) is 0 Å². The van der Waals surface area contributed by atoms with E-state index < -0.39 is 0 Å². The second-order valence-electron chi connectivity index (χ2n) is 14.4. The Balaban J connectivity index is 1.10. The SMILES string of the molecule is CC1C2=C(C=CC1C1=C3C=CC=CC3(C)CC=C1)C(C)(C)c1ccc3c(oc4ccc(-c5ccc(-c6ccccc6)cc5)cc43)c1O2. The van der Waals surface area contributed by atoms with Crippen LogP contribution < -0.4 is 4.74 Å². The number of furan rings is 1. The summed E-state index contributed by atoms with van der Waals surface area (Å²) in [6, 6.07) is 30.4. The van der Waals surface area contributed by atoms with Crippen LogP contribution in [-0.4, -0.2) is 0 Å². The van der Waals surface area contributed by atoms with E-state index in [-0.39, 0.29) is 22.7 Å². The molecule has 230 valence electrons. The quantitative estimate of drug-likeness (QED) is 0.203. The van der Waals surface area contributed by atoms with Crippen LogP contribution in [0.4, 0.5) is 0 Å². The minimum absolute atomic E-state index is 0.0452. The van der Waals surface area contributed by atoms with Gasteiger partial charge in [-0.2, -0.15) is 0 Å². The van der Waals surface area contributed by atoms with E-state index in [1.807, 2.05) is 0 Å². The zero-order valence-electron chi connectivity index (χ0n) is 27.4. The molecule has 1 aromatic heterocycles. The van der Waals surface area contributed by atoms with Crippen LogP contribution >= 0.6 is 0 Å². The number of benzene rings is 4. The molecule has 2 heteroatoms. The highest BCUT2D eigenvalue weighted by Gasteiger charge is 2.43. The molecular weight excluding hydrogens is 572 g/mol. The number of rotatable bonds is 3. The fourth-order valence-electron chi connectivity index (χ4n) is 8.34. The number of ether oxygens (including phenoxy) is 1. The van der Waals surface area contributed by atoms with Crippen molar-refractivity contribution in [1.82, 2.24) is 0 Å². The van der Waals surface area contributed by atoms with Gasteiger partial charge < -0.3 is 9.15 Å². The smallest absolute Gasteiger partial charge is 0.178 e. The minimum Gasteiger partial charge on any atom is -0.457 e. The molecule has 0 bridgehead atoms. The standard InChI is InChI=1S/C45H38O2/c1-28-33(34-13-10-26-45(4)25-9-8-14-37(34)45)20-22-38-41(28)47-43-39(44(38,2)3)23-21-35-36-27-32(19-24-40(36)46-42(35)43)31-17-15-30(16-18-31)29-11-6-5-7-12-29/h5-25,27-28,33H,26H2,1-4H3. The van der Waals surface area contributed by atoms with Crippen molar-refractivity contribution in [3.63, 3.8) is 0 Å². The van der Waals surface area contributed by atoms with Crippen LogP contribution in [0.5, 0.6) is 5.75 Å². The largest absolute Gasteiger partial charge is 0.457 e. The monoisotopic (exact) mass is 610 g/mol. The van der Waals surface area contributed by atoms with E-state index in [1.165, 1.54) is 44.5 Å². The first kappa shape index (κ1) is 28.2. The Hall–Kier alpha value is -5.08. The van der Waals surface area contributed by atoms with E-state index >= 15 is 0 Å². The number of hydrogen-bond acceptors (Lipinski definition) is 2. The van der Waals surface area contributed by atoms with Gasteiger partial charge in [-0.05, 0) is 58.0 Å². The maximum absolute atomic E-state index is 7.03. The molecule has 3 aliphatic carbocycles. The van der Waals surface area contributed by atoms with Crippen LogP contribution in [0.25, 0.3) is 44.2 Å². The molecule has 2 heterocycles. The Morgan fingerprint density at radius 2 is 1.45 bits per heavy atom. The van der Waals surface area contributed by atoms with Crippen molar-refractivity contribution in [2.75, 3.05) is 0 Å². The van der Waals surface area contributed by atoms with Gasteiger partial charge in [-0.1, -0.05) is 143 Å². The molecule has 3 unspecified atom stereocenters. The van der Waals surface area contributed by atoms with Crippen LogP contribution in [0, 0.1) is 17.3 Å². The lowest BCUT2D eigenvalue weighted by Crippen LogP contribution is -2.34. The summed E-state index contributed by atoms with van der Waals surface area (Å²) in [4.78, 5) is 0. The van der Waals surface area contributed by atoms with Gasteiger partial charge in [0, 0.05) is 44.6 Å². The topological polar surface area (TPSA) is 22.4 Å². The first-order chi connectivity index (χ1) is 22.8. The third kappa shape index (κ3) is 4.24. The molecule has 0 spiro atoms. The maximum atomic E-state index is 7.03. The van der Waals surface area contributed by atoms with Crippen LogP contribution in [0.2, 0.25) is 0 Å². The van der Waals surface area contributed by atoms with E-state index in [0.29, 0.717) is 0 Å². The van der Waals surface area contributed by atoms with Gasteiger partial charge in [-0.15, -0.1) is 0 Å². The number of fused-ring (bicyclic) bond motifs is 6. The third-order valence-corrected chi connectivity index (χ3v) is 11.1. The predicted molar refractivity (Wildman–Crippen MR) is 194 cm³/mol. The van der Waals surface area contributed by atoms with Crippen molar-refractivity contribution in [1.29, 1.82) is 0 Å². The molecule has 0 amide bonds. The molecule has 47 heavy (non-hydrogen) atoms. The summed E-state index contributed by atoms with van der Waals surface area (Å²) in [7, 11) is 0. The van der Waals surface area contributed by atoms with Crippen LogP contribution in [0.1, 0.15) is 39.7 Å². The molecule has 4 aliphatic rings. The summed E-state index contributed by atoms with van der Waals surface area (Å²) in [5.74, 6) is 2.34. The van der Waals surface area contributed by atoms with Crippen molar-refractivity contribution in [3.05, 3.63) is 162 Å². The first-order valence-electron chi connectivity index (χ1n) is 16.9. The second kappa shape index (κ2) is 10.2. The molecule has 0 saturated carbocycles. The van der Waals surface area contributed by atoms with Crippen molar-refractivity contribution in [2.24, 2.45) is 17.3 Å². The lowest BCUT2D eigenvalue weighted by atomic mass is 9.65. The average Bonchev–Trinajstić information content (AvgIpc) is 3.47. The van der Waals surface area contributed by atoms with Crippen molar-refractivity contribution in [3.8, 4) is 28.0 Å². The van der Waals surface area contributed by atoms with Crippen LogP contribution in [0.15, 0.2) is 160 Å². The third-order valence-electron chi connectivity index (χ3n) is 11.1. The summed E-state index contributed by atoms with van der Waals surface area (Å²) in [5, 5.41) is 2.20. The molecule has 3 atom stereocenters. The van der Waals surface area contributed by atoms with E-state index in [1.54, 1.807) is 0 Å². The van der Waals surface area contributed by atoms with E-state index in [9.17, 15) is 0 Å². The lowest BCUT2D eigenvalue weighted by molar-refractivity contribution is 0.290. The van der Waals surface area contributed by atoms with Crippen molar-refractivity contribution < 1.29 is 9.15 Å². The Kier molecular flexibility index (Phi) is 6.12. The van der Waals surface area contributed by atoms with Gasteiger partial charge in [-0.25, -0.2) is 0 Å². The Labute approximate surface area is 276 Å². The molecule has 1 aliphatic heterocycles. The van der Waals surface area contributed by atoms with E-state index in [2.05, 4.69) is 161 Å².